The third-order valence-corrected chi connectivity index (χ3v) is 5.65. The van der Waals surface area contributed by atoms with Gasteiger partial charge in [-0.25, -0.2) is 9.97 Å². The summed E-state index contributed by atoms with van der Waals surface area (Å²) >= 11 is 13.8. The summed E-state index contributed by atoms with van der Waals surface area (Å²) in [5, 5.41) is 17.8. The summed E-state index contributed by atoms with van der Waals surface area (Å²) in [5.41, 5.74) is 2.15. The van der Waals surface area contributed by atoms with Crippen LogP contribution in [0.2, 0.25) is 10.0 Å². The quantitative estimate of drug-likeness (QED) is 0.311. The average molecular weight is 417 g/mol. The topological polar surface area (TPSA) is 81.0 Å². The molecule has 0 radical (unpaired) electrons. The van der Waals surface area contributed by atoms with Gasteiger partial charge in [0.1, 0.15) is 17.0 Å². The van der Waals surface area contributed by atoms with E-state index in [1.807, 2.05) is 11.4 Å². The van der Waals surface area contributed by atoms with Crippen LogP contribution in [0.5, 0.6) is 0 Å². The van der Waals surface area contributed by atoms with E-state index in [0.717, 1.165) is 15.8 Å². The number of non-ortho nitro benzene ring substituents is 1. The van der Waals surface area contributed by atoms with Gasteiger partial charge in [-0.1, -0.05) is 41.4 Å². The second-order valence-electron chi connectivity index (χ2n) is 5.59. The first-order valence-corrected chi connectivity index (χ1v) is 9.36. The SMILES string of the molecule is O=[N+]([O-])c1cccc(-c2csc3ncnc(Nc4cccc(Cl)c4Cl)c23)c1. The molecule has 0 bridgehead atoms. The molecule has 0 aliphatic heterocycles. The van der Waals surface area contributed by atoms with Gasteiger partial charge in [-0.05, 0) is 17.7 Å². The molecule has 2 heterocycles. The van der Waals surface area contributed by atoms with Crippen molar-refractivity contribution in [2.75, 3.05) is 5.32 Å². The monoisotopic (exact) mass is 416 g/mol. The lowest BCUT2D eigenvalue weighted by Crippen LogP contribution is -1.96. The lowest BCUT2D eigenvalue weighted by atomic mass is 10.1. The molecule has 2 aromatic carbocycles. The van der Waals surface area contributed by atoms with Crippen LogP contribution in [0, 0.1) is 10.1 Å². The molecule has 0 unspecified atom stereocenters. The van der Waals surface area contributed by atoms with Crippen LogP contribution < -0.4 is 5.32 Å². The van der Waals surface area contributed by atoms with Crippen LogP contribution in [-0.4, -0.2) is 14.9 Å². The Bertz CT molecular complexity index is 1180. The molecule has 0 aliphatic carbocycles. The summed E-state index contributed by atoms with van der Waals surface area (Å²) in [6.45, 7) is 0. The minimum Gasteiger partial charge on any atom is -0.338 e. The van der Waals surface area contributed by atoms with Crippen molar-refractivity contribution >= 4 is 61.9 Å². The van der Waals surface area contributed by atoms with Gasteiger partial charge in [0.05, 0.1) is 26.0 Å². The van der Waals surface area contributed by atoms with E-state index in [2.05, 4.69) is 15.3 Å². The molecule has 0 aliphatic rings. The molecule has 134 valence electrons. The summed E-state index contributed by atoms with van der Waals surface area (Å²) in [6, 6.07) is 11.7. The highest BCUT2D eigenvalue weighted by Gasteiger charge is 2.16. The summed E-state index contributed by atoms with van der Waals surface area (Å²) in [5.74, 6) is 0.548. The van der Waals surface area contributed by atoms with Crippen LogP contribution in [0.4, 0.5) is 17.2 Å². The van der Waals surface area contributed by atoms with Crippen molar-refractivity contribution in [2.24, 2.45) is 0 Å². The Morgan fingerprint density at radius 3 is 2.74 bits per heavy atom. The highest BCUT2D eigenvalue weighted by molar-refractivity contribution is 7.17. The highest BCUT2D eigenvalue weighted by atomic mass is 35.5. The van der Waals surface area contributed by atoms with Crippen LogP contribution in [0.25, 0.3) is 21.3 Å². The number of benzene rings is 2. The molecule has 0 amide bonds. The van der Waals surface area contributed by atoms with Gasteiger partial charge in [0, 0.05) is 23.1 Å². The van der Waals surface area contributed by atoms with E-state index < -0.39 is 4.92 Å². The van der Waals surface area contributed by atoms with Crippen LogP contribution >= 0.6 is 34.5 Å². The van der Waals surface area contributed by atoms with Crippen molar-refractivity contribution in [3.8, 4) is 11.1 Å². The van der Waals surface area contributed by atoms with Crippen molar-refractivity contribution in [1.29, 1.82) is 0 Å². The lowest BCUT2D eigenvalue weighted by molar-refractivity contribution is -0.384. The zero-order valence-corrected chi connectivity index (χ0v) is 15.8. The fourth-order valence-electron chi connectivity index (χ4n) is 2.70. The molecule has 0 saturated heterocycles. The van der Waals surface area contributed by atoms with Gasteiger partial charge in [0.2, 0.25) is 0 Å². The lowest BCUT2D eigenvalue weighted by Gasteiger charge is -2.10. The predicted octanol–water partition coefficient (Wildman–Crippen LogP) is 6.32. The minimum atomic E-state index is -0.417. The van der Waals surface area contributed by atoms with E-state index in [9.17, 15) is 10.1 Å². The van der Waals surface area contributed by atoms with Crippen molar-refractivity contribution in [2.45, 2.75) is 0 Å². The fourth-order valence-corrected chi connectivity index (χ4v) is 3.96. The molecular weight excluding hydrogens is 407 g/mol. The predicted molar refractivity (Wildman–Crippen MR) is 109 cm³/mol. The van der Waals surface area contributed by atoms with E-state index in [4.69, 9.17) is 23.2 Å². The fraction of sp³-hybridized carbons (Fsp3) is 0. The molecule has 4 aromatic rings. The Balaban J connectivity index is 1.86. The van der Waals surface area contributed by atoms with Gasteiger partial charge < -0.3 is 5.32 Å². The number of nitro groups is 1. The number of aromatic nitrogens is 2. The van der Waals surface area contributed by atoms with Crippen molar-refractivity contribution in [3.05, 3.63) is 74.3 Å². The number of anilines is 2. The molecule has 0 saturated carbocycles. The van der Waals surface area contributed by atoms with Crippen LogP contribution in [0.1, 0.15) is 0 Å². The Hall–Kier alpha value is -2.74. The molecule has 0 spiro atoms. The number of rotatable bonds is 4. The zero-order chi connectivity index (χ0) is 19.0. The molecule has 1 N–H and O–H groups in total. The highest BCUT2D eigenvalue weighted by Crippen LogP contribution is 2.39. The second kappa shape index (κ2) is 7.11. The molecule has 2 aromatic heterocycles. The van der Waals surface area contributed by atoms with Gasteiger partial charge >= 0.3 is 0 Å². The smallest absolute Gasteiger partial charge is 0.270 e. The first kappa shape index (κ1) is 17.7. The van der Waals surface area contributed by atoms with E-state index in [1.165, 1.54) is 29.8 Å². The average Bonchev–Trinajstić information content (AvgIpc) is 3.11. The zero-order valence-electron chi connectivity index (χ0n) is 13.5. The number of nitrogens with one attached hydrogen (secondary N) is 1. The number of thiophene rings is 1. The van der Waals surface area contributed by atoms with Crippen molar-refractivity contribution < 1.29 is 4.92 Å². The summed E-state index contributed by atoms with van der Waals surface area (Å²) in [6.07, 6.45) is 1.46. The number of halogens is 2. The van der Waals surface area contributed by atoms with E-state index in [1.54, 1.807) is 24.3 Å². The standard InChI is InChI=1S/C18H10Cl2N4O2S/c19-13-5-2-6-14(16(13)20)23-17-15-12(8-27-18(15)22-9-21-17)10-3-1-4-11(7-10)24(25)26/h1-9H,(H,21,22,23). The molecular formula is C18H10Cl2N4O2S. The third-order valence-electron chi connectivity index (χ3n) is 3.94. The van der Waals surface area contributed by atoms with Crippen LogP contribution in [-0.2, 0) is 0 Å². The third kappa shape index (κ3) is 3.32. The Morgan fingerprint density at radius 2 is 1.93 bits per heavy atom. The number of hydrogen-bond acceptors (Lipinski definition) is 6. The van der Waals surface area contributed by atoms with Crippen molar-refractivity contribution in [3.63, 3.8) is 0 Å². The number of fused-ring (bicyclic) bond motifs is 1. The molecule has 0 atom stereocenters. The molecule has 4 rings (SSSR count). The second-order valence-corrected chi connectivity index (χ2v) is 7.23. The van der Waals surface area contributed by atoms with Gasteiger partial charge in [-0.3, -0.25) is 10.1 Å². The molecule has 9 heteroatoms. The first-order chi connectivity index (χ1) is 13.0. The molecule has 6 nitrogen and oxygen atoms in total. The summed E-state index contributed by atoms with van der Waals surface area (Å²) in [4.78, 5) is 20.1. The van der Waals surface area contributed by atoms with Gasteiger partial charge in [0.15, 0.2) is 0 Å². The van der Waals surface area contributed by atoms with E-state index in [0.29, 0.717) is 27.1 Å². The maximum Gasteiger partial charge on any atom is 0.270 e. The number of hydrogen-bond donors (Lipinski definition) is 1. The van der Waals surface area contributed by atoms with Gasteiger partial charge in [-0.15, -0.1) is 11.3 Å². The maximum absolute atomic E-state index is 11.1. The van der Waals surface area contributed by atoms with E-state index in [-0.39, 0.29) is 5.69 Å². The van der Waals surface area contributed by atoms with Crippen LogP contribution in [0.3, 0.4) is 0 Å². The Labute approximate surface area is 167 Å². The van der Waals surface area contributed by atoms with E-state index >= 15 is 0 Å². The van der Waals surface area contributed by atoms with Gasteiger partial charge in [-0.2, -0.15) is 0 Å². The first-order valence-electron chi connectivity index (χ1n) is 7.72. The maximum atomic E-state index is 11.1. The van der Waals surface area contributed by atoms with Crippen molar-refractivity contribution in [1.82, 2.24) is 9.97 Å². The number of nitro benzene ring substituents is 1. The summed E-state index contributed by atoms with van der Waals surface area (Å²) in [7, 11) is 0. The molecule has 27 heavy (non-hydrogen) atoms. The number of nitrogens with zero attached hydrogens (tertiary/aromatic N) is 3. The normalized spacial score (nSPS) is 10.9. The van der Waals surface area contributed by atoms with Gasteiger partial charge in [0.25, 0.3) is 5.69 Å². The molecule has 0 fully saturated rings. The summed E-state index contributed by atoms with van der Waals surface area (Å²) < 4.78 is 0. The Kier molecular flexibility index (Phi) is 4.65. The largest absolute Gasteiger partial charge is 0.338 e. The Morgan fingerprint density at radius 1 is 1.11 bits per heavy atom. The minimum absolute atomic E-state index is 0.0242. The van der Waals surface area contributed by atoms with Crippen LogP contribution in [0.15, 0.2) is 54.2 Å².